The van der Waals surface area contributed by atoms with E-state index in [0.29, 0.717) is 6.42 Å². The maximum atomic E-state index is 8.74. The van der Waals surface area contributed by atoms with Crippen LogP contribution in [0.2, 0.25) is 0 Å². The Morgan fingerprint density at radius 2 is 2.12 bits per heavy atom. The highest BCUT2D eigenvalue weighted by atomic mass is 16.3. The van der Waals surface area contributed by atoms with E-state index in [0.717, 1.165) is 0 Å². The van der Waals surface area contributed by atoms with Crippen molar-refractivity contribution in [2.45, 2.75) is 19.4 Å². The molecule has 0 fully saturated rings. The largest absolute Gasteiger partial charge is 0.394 e. The Morgan fingerprint density at radius 3 is 2.25 bits per heavy atom. The van der Waals surface area contributed by atoms with Gasteiger partial charge in [0.05, 0.1) is 12.7 Å². The van der Waals surface area contributed by atoms with E-state index in [9.17, 15) is 0 Å². The van der Waals surface area contributed by atoms with Crippen molar-refractivity contribution in [1.82, 2.24) is 0 Å². The van der Waals surface area contributed by atoms with Gasteiger partial charge in [-0.15, -0.1) is 0 Å². The Bertz CT molecular complexity index is 52.5. The minimum absolute atomic E-state index is 0.153. The summed E-state index contributed by atoms with van der Waals surface area (Å²) in [5.74, 6) is 0.220. The van der Waals surface area contributed by atoms with Gasteiger partial charge in [0.15, 0.2) is 0 Å². The lowest BCUT2D eigenvalue weighted by Crippen LogP contribution is -2.14. The van der Waals surface area contributed by atoms with Gasteiger partial charge in [-0.25, -0.2) is 0 Å². The highest BCUT2D eigenvalue weighted by Gasteiger charge is 2.03. The number of rotatable bonds is 3. The molecule has 0 amide bonds. The smallest absolute Gasteiger partial charge is 0.0773 e. The summed E-state index contributed by atoms with van der Waals surface area (Å²) >= 11 is 0. The Balaban J connectivity index is 3.10. The fraction of sp³-hybridized carbons (Fsp3) is 0.833. The van der Waals surface area contributed by atoms with Crippen molar-refractivity contribution in [2.75, 3.05) is 6.61 Å². The number of hydrogen-bond acceptors (Lipinski definition) is 2. The van der Waals surface area contributed by atoms with Crippen molar-refractivity contribution in [3.05, 3.63) is 6.92 Å². The molecular formula is C6H13O2. The normalized spacial score (nSPS) is 14.6. The molecule has 2 unspecified atom stereocenters. The minimum Gasteiger partial charge on any atom is -0.394 e. The molecule has 49 valence electrons. The van der Waals surface area contributed by atoms with E-state index in [2.05, 4.69) is 6.92 Å². The molecule has 0 rings (SSSR count). The lowest BCUT2D eigenvalue weighted by Gasteiger charge is -2.07. The first-order valence-electron chi connectivity index (χ1n) is 2.78. The van der Waals surface area contributed by atoms with E-state index in [-0.39, 0.29) is 12.5 Å². The first-order valence-corrected chi connectivity index (χ1v) is 2.78. The first-order chi connectivity index (χ1) is 3.66. The van der Waals surface area contributed by atoms with Crippen LogP contribution in [0.25, 0.3) is 0 Å². The van der Waals surface area contributed by atoms with Crippen LogP contribution in [0.1, 0.15) is 13.3 Å². The van der Waals surface area contributed by atoms with E-state index >= 15 is 0 Å². The molecular weight excluding hydrogens is 104 g/mol. The predicted octanol–water partition coefficient (Wildman–Crippen LogP) is 0.200. The van der Waals surface area contributed by atoms with Gasteiger partial charge in [0, 0.05) is 0 Å². The summed E-state index contributed by atoms with van der Waals surface area (Å²) in [6.45, 7) is 5.40. The van der Waals surface area contributed by atoms with Gasteiger partial charge < -0.3 is 10.2 Å². The van der Waals surface area contributed by atoms with Gasteiger partial charge in [0.25, 0.3) is 0 Å². The van der Waals surface area contributed by atoms with Gasteiger partial charge in [-0.05, 0) is 12.3 Å². The second-order valence-corrected chi connectivity index (χ2v) is 2.18. The zero-order valence-corrected chi connectivity index (χ0v) is 5.17. The lowest BCUT2D eigenvalue weighted by molar-refractivity contribution is 0.0807. The fourth-order valence-electron chi connectivity index (χ4n) is 0.539. The average molecular weight is 117 g/mol. The molecule has 0 aliphatic heterocycles. The fourth-order valence-corrected chi connectivity index (χ4v) is 0.539. The van der Waals surface area contributed by atoms with Crippen molar-refractivity contribution in [2.24, 2.45) is 5.92 Å². The number of hydrogen-bond donors (Lipinski definition) is 2. The standard InChI is InChI=1S/C6H13O2/c1-5(2)3-6(8)4-7/h5-8H,1,3-4H2,2H3. The SMILES string of the molecule is [CH2]C(C)CC(O)CO. The molecule has 0 aromatic carbocycles. The van der Waals surface area contributed by atoms with Crippen molar-refractivity contribution in [3.8, 4) is 0 Å². The van der Waals surface area contributed by atoms with Crippen molar-refractivity contribution in [3.63, 3.8) is 0 Å². The molecule has 0 aromatic rings. The van der Waals surface area contributed by atoms with Crippen molar-refractivity contribution in [1.29, 1.82) is 0 Å². The Morgan fingerprint density at radius 1 is 1.62 bits per heavy atom. The summed E-state index contributed by atoms with van der Waals surface area (Å²) in [6.07, 6.45) is -0.00116. The molecule has 0 bridgehead atoms. The minimum atomic E-state index is -0.581. The van der Waals surface area contributed by atoms with E-state index in [1.807, 2.05) is 6.92 Å². The highest BCUT2D eigenvalue weighted by molar-refractivity contribution is 4.60. The highest BCUT2D eigenvalue weighted by Crippen LogP contribution is 2.01. The Hall–Kier alpha value is -0.0800. The van der Waals surface area contributed by atoms with Gasteiger partial charge in [-0.1, -0.05) is 13.8 Å². The van der Waals surface area contributed by atoms with Crippen LogP contribution in [0.15, 0.2) is 0 Å². The van der Waals surface area contributed by atoms with Crippen LogP contribution in [0.4, 0.5) is 0 Å². The molecule has 2 nitrogen and oxygen atoms in total. The second-order valence-electron chi connectivity index (χ2n) is 2.18. The number of aliphatic hydroxyl groups is 2. The molecule has 2 atom stereocenters. The van der Waals surface area contributed by atoms with Gasteiger partial charge in [-0.3, -0.25) is 0 Å². The Kier molecular flexibility index (Phi) is 3.83. The van der Waals surface area contributed by atoms with Crippen LogP contribution in [-0.4, -0.2) is 22.9 Å². The van der Waals surface area contributed by atoms with Crippen LogP contribution in [0.3, 0.4) is 0 Å². The summed E-state index contributed by atoms with van der Waals surface area (Å²) in [4.78, 5) is 0. The zero-order valence-electron chi connectivity index (χ0n) is 5.17. The molecule has 0 aliphatic carbocycles. The van der Waals surface area contributed by atoms with E-state index in [1.165, 1.54) is 0 Å². The third-order valence-corrected chi connectivity index (χ3v) is 0.885. The first kappa shape index (κ1) is 7.92. The van der Waals surface area contributed by atoms with Crippen LogP contribution in [0, 0.1) is 12.8 Å². The molecule has 2 heteroatoms. The Labute approximate surface area is 50.2 Å². The van der Waals surface area contributed by atoms with E-state index in [1.54, 1.807) is 0 Å². The molecule has 2 N–H and O–H groups in total. The van der Waals surface area contributed by atoms with Gasteiger partial charge in [0.2, 0.25) is 0 Å². The maximum absolute atomic E-state index is 8.74. The summed E-state index contributed by atoms with van der Waals surface area (Å²) in [5, 5.41) is 17.0. The number of aliphatic hydroxyl groups excluding tert-OH is 2. The molecule has 0 aromatic heterocycles. The quantitative estimate of drug-likeness (QED) is 0.554. The monoisotopic (exact) mass is 117 g/mol. The summed E-state index contributed by atoms with van der Waals surface area (Å²) in [6, 6.07) is 0. The summed E-state index contributed by atoms with van der Waals surface area (Å²) < 4.78 is 0. The van der Waals surface area contributed by atoms with Crippen LogP contribution in [-0.2, 0) is 0 Å². The molecule has 0 saturated carbocycles. The topological polar surface area (TPSA) is 40.5 Å². The molecule has 0 saturated heterocycles. The summed E-state index contributed by atoms with van der Waals surface area (Å²) in [7, 11) is 0. The predicted molar refractivity (Wildman–Crippen MR) is 32.2 cm³/mol. The molecule has 1 radical (unpaired) electrons. The molecule has 0 heterocycles. The van der Waals surface area contributed by atoms with Crippen LogP contribution >= 0.6 is 0 Å². The van der Waals surface area contributed by atoms with Crippen LogP contribution < -0.4 is 0 Å². The zero-order chi connectivity index (χ0) is 6.57. The lowest BCUT2D eigenvalue weighted by atomic mass is 10.1. The van der Waals surface area contributed by atoms with Crippen molar-refractivity contribution < 1.29 is 10.2 Å². The van der Waals surface area contributed by atoms with Crippen molar-refractivity contribution >= 4 is 0 Å². The second kappa shape index (κ2) is 3.87. The van der Waals surface area contributed by atoms with Gasteiger partial charge in [-0.2, -0.15) is 0 Å². The molecule has 8 heavy (non-hydrogen) atoms. The average Bonchev–Trinajstić information content (AvgIpc) is 1.65. The van der Waals surface area contributed by atoms with Gasteiger partial charge in [0.1, 0.15) is 0 Å². The molecule has 0 spiro atoms. The molecule has 0 aliphatic rings. The van der Waals surface area contributed by atoms with E-state index in [4.69, 9.17) is 10.2 Å². The third-order valence-electron chi connectivity index (χ3n) is 0.885. The maximum Gasteiger partial charge on any atom is 0.0773 e. The van der Waals surface area contributed by atoms with Crippen LogP contribution in [0.5, 0.6) is 0 Å². The van der Waals surface area contributed by atoms with Gasteiger partial charge >= 0.3 is 0 Å². The van der Waals surface area contributed by atoms with E-state index < -0.39 is 6.10 Å². The third kappa shape index (κ3) is 4.09. The summed E-state index contributed by atoms with van der Waals surface area (Å²) in [5.41, 5.74) is 0.